The molecule has 0 unspecified atom stereocenters. The molecule has 7 heteroatoms. The Morgan fingerprint density at radius 3 is 2.59 bits per heavy atom. The zero-order valence-corrected chi connectivity index (χ0v) is 17.2. The average molecular weight is 412 g/mol. The van der Waals surface area contributed by atoms with Gasteiger partial charge in [-0.2, -0.15) is 0 Å². The van der Waals surface area contributed by atoms with E-state index in [9.17, 15) is 4.79 Å². The standard InChI is InChI=1S/C22H22ClN3O3/c1-13-9-18(10-14(2)20(13)23)28-12-19(27)24-22-21(25-29-26-22)17-8-7-15-5-3-4-6-16(15)11-17/h7-11H,3-6,12H2,1-2H3,(H,24,26,27). The molecule has 2 aromatic carbocycles. The first kappa shape index (κ1) is 19.5. The molecule has 0 atom stereocenters. The van der Waals surface area contributed by atoms with E-state index in [1.54, 1.807) is 12.1 Å². The number of ether oxygens (including phenoxy) is 1. The second-order valence-corrected chi connectivity index (χ2v) is 7.74. The van der Waals surface area contributed by atoms with Gasteiger partial charge in [0.15, 0.2) is 12.3 Å². The molecule has 1 heterocycles. The number of carbonyl (C=O) groups is 1. The quantitative estimate of drug-likeness (QED) is 0.645. The Kier molecular flexibility index (Phi) is 5.53. The Morgan fingerprint density at radius 2 is 1.83 bits per heavy atom. The van der Waals surface area contributed by atoms with Gasteiger partial charge < -0.3 is 10.1 Å². The van der Waals surface area contributed by atoms with Crippen molar-refractivity contribution in [2.24, 2.45) is 0 Å². The van der Waals surface area contributed by atoms with E-state index >= 15 is 0 Å². The third kappa shape index (κ3) is 4.27. The van der Waals surface area contributed by atoms with Crippen LogP contribution < -0.4 is 10.1 Å². The molecule has 0 radical (unpaired) electrons. The molecule has 0 saturated carbocycles. The zero-order valence-electron chi connectivity index (χ0n) is 16.4. The van der Waals surface area contributed by atoms with Crippen molar-refractivity contribution < 1.29 is 14.2 Å². The molecule has 1 aromatic heterocycles. The van der Waals surface area contributed by atoms with E-state index in [1.165, 1.54) is 24.0 Å². The Labute approximate surface area is 174 Å². The van der Waals surface area contributed by atoms with Crippen molar-refractivity contribution in [2.75, 3.05) is 11.9 Å². The topological polar surface area (TPSA) is 77.2 Å². The number of hydrogen-bond acceptors (Lipinski definition) is 5. The highest BCUT2D eigenvalue weighted by Gasteiger charge is 2.18. The van der Waals surface area contributed by atoms with Crippen molar-refractivity contribution >= 4 is 23.3 Å². The molecule has 6 nitrogen and oxygen atoms in total. The molecule has 0 bridgehead atoms. The molecule has 0 spiro atoms. The number of amides is 1. The van der Waals surface area contributed by atoms with Crippen molar-refractivity contribution in [1.82, 2.24) is 10.3 Å². The lowest BCUT2D eigenvalue weighted by Crippen LogP contribution is -2.20. The Balaban J connectivity index is 1.44. The number of rotatable bonds is 5. The second-order valence-electron chi connectivity index (χ2n) is 7.36. The van der Waals surface area contributed by atoms with Gasteiger partial charge in [-0.15, -0.1) is 0 Å². The van der Waals surface area contributed by atoms with Crippen molar-refractivity contribution in [2.45, 2.75) is 39.5 Å². The minimum atomic E-state index is -0.342. The first-order chi connectivity index (χ1) is 14.0. The van der Waals surface area contributed by atoms with Crippen LogP contribution in [0.1, 0.15) is 35.1 Å². The fourth-order valence-electron chi connectivity index (χ4n) is 3.65. The van der Waals surface area contributed by atoms with Gasteiger partial charge in [0.1, 0.15) is 5.75 Å². The van der Waals surface area contributed by atoms with Gasteiger partial charge in [0, 0.05) is 10.6 Å². The molecule has 1 amide bonds. The first-order valence-corrected chi connectivity index (χ1v) is 10.0. The summed E-state index contributed by atoms with van der Waals surface area (Å²) in [7, 11) is 0. The lowest BCUT2D eigenvalue weighted by molar-refractivity contribution is -0.118. The number of nitrogens with zero attached hydrogens (tertiary/aromatic N) is 2. The van der Waals surface area contributed by atoms with Gasteiger partial charge in [-0.25, -0.2) is 4.63 Å². The highest BCUT2D eigenvalue weighted by molar-refractivity contribution is 6.32. The van der Waals surface area contributed by atoms with Crippen LogP contribution in [0.5, 0.6) is 5.75 Å². The van der Waals surface area contributed by atoms with Gasteiger partial charge in [0.25, 0.3) is 5.91 Å². The summed E-state index contributed by atoms with van der Waals surface area (Å²) in [6.07, 6.45) is 4.59. The molecule has 1 N–H and O–H groups in total. The predicted octanol–water partition coefficient (Wildman–Crippen LogP) is 4.90. The summed E-state index contributed by atoms with van der Waals surface area (Å²) in [4.78, 5) is 12.4. The maximum Gasteiger partial charge on any atom is 0.263 e. The summed E-state index contributed by atoms with van der Waals surface area (Å²) in [6.45, 7) is 3.64. The van der Waals surface area contributed by atoms with Gasteiger partial charge in [-0.3, -0.25) is 4.79 Å². The molecule has 1 aliphatic carbocycles. The summed E-state index contributed by atoms with van der Waals surface area (Å²) in [5.74, 6) is 0.538. The number of carbonyl (C=O) groups excluding carboxylic acids is 1. The number of halogens is 1. The van der Waals surface area contributed by atoms with E-state index < -0.39 is 0 Å². The van der Waals surface area contributed by atoms with Crippen molar-refractivity contribution in [1.29, 1.82) is 0 Å². The second kappa shape index (κ2) is 8.25. The zero-order chi connectivity index (χ0) is 20.4. The maximum absolute atomic E-state index is 12.4. The molecule has 0 aliphatic heterocycles. The van der Waals surface area contributed by atoms with Gasteiger partial charge in [-0.1, -0.05) is 23.7 Å². The number of hydrogen-bond donors (Lipinski definition) is 1. The van der Waals surface area contributed by atoms with Crippen LogP contribution in [0.2, 0.25) is 5.02 Å². The van der Waals surface area contributed by atoms with Crippen LogP contribution in [0.15, 0.2) is 35.0 Å². The number of benzene rings is 2. The molecule has 1 aliphatic rings. The normalized spacial score (nSPS) is 13.1. The average Bonchev–Trinajstić information content (AvgIpc) is 3.18. The van der Waals surface area contributed by atoms with Crippen LogP contribution in [-0.2, 0) is 17.6 Å². The smallest absolute Gasteiger partial charge is 0.263 e. The molecule has 0 saturated heterocycles. The van der Waals surface area contributed by atoms with Crippen LogP contribution in [0.25, 0.3) is 11.3 Å². The molecule has 0 fully saturated rings. The summed E-state index contributed by atoms with van der Waals surface area (Å²) in [6, 6.07) is 9.84. The number of nitrogens with one attached hydrogen (secondary N) is 1. The summed E-state index contributed by atoms with van der Waals surface area (Å²) in [5, 5.41) is 11.3. The van der Waals surface area contributed by atoms with Crippen molar-refractivity contribution in [3.8, 4) is 17.0 Å². The summed E-state index contributed by atoms with van der Waals surface area (Å²) < 4.78 is 10.5. The monoisotopic (exact) mass is 411 g/mol. The van der Waals surface area contributed by atoms with Crippen LogP contribution in [0, 0.1) is 13.8 Å². The maximum atomic E-state index is 12.4. The van der Waals surface area contributed by atoms with Gasteiger partial charge >= 0.3 is 0 Å². The Morgan fingerprint density at radius 1 is 1.10 bits per heavy atom. The number of anilines is 1. The molecule has 29 heavy (non-hydrogen) atoms. The minimum absolute atomic E-state index is 0.156. The third-order valence-electron chi connectivity index (χ3n) is 5.15. The van der Waals surface area contributed by atoms with Crippen molar-refractivity contribution in [3.05, 3.63) is 57.6 Å². The Hall–Kier alpha value is -2.86. The van der Waals surface area contributed by atoms with Crippen LogP contribution in [0.3, 0.4) is 0 Å². The summed E-state index contributed by atoms with van der Waals surface area (Å²) in [5.41, 5.74) is 5.90. The highest BCUT2D eigenvalue weighted by atomic mass is 35.5. The molecular formula is C22H22ClN3O3. The van der Waals surface area contributed by atoms with E-state index in [2.05, 4.69) is 27.8 Å². The van der Waals surface area contributed by atoms with E-state index in [4.69, 9.17) is 21.0 Å². The van der Waals surface area contributed by atoms with Gasteiger partial charge in [0.05, 0.1) is 0 Å². The highest BCUT2D eigenvalue weighted by Crippen LogP contribution is 2.30. The molecule has 150 valence electrons. The summed E-state index contributed by atoms with van der Waals surface area (Å²) >= 11 is 6.17. The van der Waals surface area contributed by atoms with Crippen LogP contribution in [0.4, 0.5) is 5.82 Å². The lowest BCUT2D eigenvalue weighted by Gasteiger charge is -2.16. The predicted molar refractivity (Wildman–Crippen MR) is 111 cm³/mol. The molecule has 3 aromatic rings. The van der Waals surface area contributed by atoms with Crippen LogP contribution >= 0.6 is 11.6 Å². The van der Waals surface area contributed by atoms with Crippen LogP contribution in [-0.4, -0.2) is 22.8 Å². The Bertz CT molecular complexity index is 1040. The largest absolute Gasteiger partial charge is 0.484 e. The number of aryl methyl sites for hydroxylation is 4. The molecule has 4 rings (SSSR count). The molecular weight excluding hydrogens is 390 g/mol. The fourth-order valence-corrected chi connectivity index (χ4v) is 3.76. The SMILES string of the molecule is Cc1cc(OCC(=O)Nc2nonc2-c2ccc3c(c2)CCCC3)cc(C)c1Cl. The van der Waals surface area contributed by atoms with E-state index in [-0.39, 0.29) is 18.3 Å². The fraction of sp³-hybridized carbons (Fsp3) is 0.318. The number of aromatic nitrogens is 2. The van der Waals surface area contributed by atoms with Gasteiger partial charge in [-0.05, 0) is 90.3 Å². The van der Waals surface area contributed by atoms with Gasteiger partial charge in [0.2, 0.25) is 5.82 Å². The minimum Gasteiger partial charge on any atom is -0.484 e. The third-order valence-corrected chi connectivity index (χ3v) is 5.74. The van der Waals surface area contributed by atoms with E-state index in [0.29, 0.717) is 16.5 Å². The number of fused-ring (bicyclic) bond motifs is 1. The van der Waals surface area contributed by atoms with Crippen molar-refractivity contribution in [3.63, 3.8) is 0 Å². The first-order valence-electron chi connectivity index (χ1n) is 9.65. The van der Waals surface area contributed by atoms with E-state index in [0.717, 1.165) is 29.5 Å². The van der Waals surface area contributed by atoms with E-state index in [1.807, 2.05) is 19.9 Å². The lowest BCUT2D eigenvalue weighted by atomic mass is 9.90.